The minimum Gasteiger partial charge on any atom is -0.412 e. The van der Waals surface area contributed by atoms with E-state index in [2.05, 4.69) is 46.5 Å². The molecule has 0 unspecified atom stereocenters. The molecule has 1 aliphatic carbocycles. The summed E-state index contributed by atoms with van der Waals surface area (Å²) in [6, 6.07) is 23.0. The Morgan fingerprint density at radius 1 is 0.918 bits per heavy atom. The fourth-order valence-corrected chi connectivity index (χ4v) is 6.64. The van der Waals surface area contributed by atoms with Gasteiger partial charge in [-0.1, -0.05) is 57.0 Å². The monoisotopic (exact) mass is 702 g/mol. The number of urea groups is 1. The zero-order chi connectivity index (χ0) is 32.5. The number of rotatable bonds is 9. The highest BCUT2D eigenvalue weighted by Crippen LogP contribution is 2.49. The average Bonchev–Trinajstić information content (AvgIpc) is 3.86. The lowest BCUT2D eigenvalue weighted by Gasteiger charge is -2.41. The van der Waals surface area contributed by atoms with Crippen molar-refractivity contribution in [2.75, 3.05) is 24.1 Å². The van der Waals surface area contributed by atoms with Crippen LogP contribution >= 0.6 is 11.8 Å². The van der Waals surface area contributed by atoms with E-state index >= 15 is 0 Å². The van der Waals surface area contributed by atoms with Crippen molar-refractivity contribution in [1.82, 2.24) is 20.2 Å². The van der Waals surface area contributed by atoms with Crippen LogP contribution in [0.3, 0.4) is 0 Å². The maximum absolute atomic E-state index is 14.2. The molecule has 6 rings (SSSR count). The molecule has 4 aromatic rings. The van der Waals surface area contributed by atoms with Gasteiger partial charge in [0.25, 0.3) is 0 Å². The molecule has 270 valence electrons. The molecule has 2 heterocycles. The first-order chi connectivity index (χ1) is 22.2. The van der Waals surface area contributed by atoms with Crippen LogP contribution in [0.5, 0.6) is 0 Å². The molecule has 49 heavy (non-hydrogen) atoms. The van der Waals surface area contributed by atoms with Crippen molar-refractivity contribution in [2.45, 2.75) is 74.6 Å². The summed E-state index contributed by atoms with van der Waals surface area (Å²) >= 11 is 1.43. The summed E-state index contributed by atoms with van der Waals surface area (Å²) in [6.45, 7) is 6.75. The first-order valence-corrected chi connectivity index (χ1v) is 16.8. The molecule has 1 aliphatic heterocycles. The van der Waals surface area contributed by atoms with Gasteiger partial charge in [-0.15, -0.1) is 11.8 Å². The SMILES string of the molecule is CCCC.Nc1cc(C2(Sc3cc(F)cc(F)c3)CCN(Cc3ccccc3)CC2)nc(-c2ccc(NC(=O)NC3CC3)cc2)n1.O.O.O.[HH].[HH]. The van der Waals surface area contributed by atoms with Crippen LogP contribution in [-0.4, -0.2) is 56.5 Å². The Balaban J connectivity index is 0.00000264. The lowest BCUT2D eigenvalue weighted by atomic mass is 9.91. The number of carbonyl (C=O) groups is 1. The van der Waals surface area contributed by atoms with Gasteiger partial charge in [0.2, 0.25) is 0 Å². The van der Waals surface area contributed by atoms with Crippen LogP contribution in [0, 0.1) is 11.6 Å². The lowest BCUT2D eigenvalue weighted by molar-refractivity contribution is 0.191. The molecule has 1 aromatic heterocycles. The predicted octanol–water partition coefficient (Wildman–Crippen LogP) is 6.40. The van der Waals surface area contributed by atoms with E-state index in [0.29, 0.717) is 35.1 Å². The molecule has 10 nitrogen and oxygen atoms in total. The summed E-state index contributed by atoms with van der Waals surface area (Å²) < 4.78 is 27.8. The third kappa shape index (κ3) is 11.8. The van der Waals surface area contributed by atoms with Gasteiger partial charge >= 0.3 is 6.03 Å². The molecule has 13 heteroatoms. The average molecular weight is 703 g/mol. The number of piperidine rings is 1. The van der Waals surface area contributed by atoms with E-state index in [-0.39, 0.29) is 31.4 Å². The molecule has 1 saturated carbocycles. The summed E-state index contributed by atoms with van der Waals surface area (Å²) in [5, 5.41) is 5.75. The first-order valence-electron chi connectivity index (χ1n) is 16.0. The van der Waals surface area contributed by atoms with Crippen molar-refractivity contribution in [3.05, 3.63) is 102 Å². The molecule has 0 radical (unpaired) electrons. The van der Waals surface area contributed by atoms with Gasteiger partial charge in [0.05, 0.1) is 10.4 Å². The number of nitrogens with two attached hydrogens (primary N) is 1. The van der Waals surface area contributed by atoms with Gasteiger partial charge in [-0.3, -0.25) is 4.90 Å². The van der Waals surface area contributed by atoms with E-state index in [9.17, 15) is 13.6 Å². The van der Waals surface area contributed by atoms with Gasteiger partial charge in [0.1, 0.15) is 17.5 Å². The maximum Gasteiger partial charge on any atom is 0.319 e. The molecule has 2 amide bonds. The number of nitrogen functional groups attached to an aromatic ring is 1. The Hall–Kier alpha value is -4.14. The quantitative estimate of drug-likeness (QED) is 0.181. The number of benzene rings is 3. The summed E-state index contributed by atoms with van der Waals surface area (Å²) in [5.41, 5.74) is 9.69. The number of nitrogens with one attached hydrogen (secondary N) is 2. The number of thioether (sulfide) groups is 1. The van der Waals surface area contributed by atoms with Gasteiger partial charge < -0.3 is 32.8 Å². The second-order valence-electron chi connectivity index (χ2n) is 11.9. The standard InChI is InChI=1S/C32H32F2N6OS.C4H10.3H2O.2H2/c33-23-16-24(34)18-27(17-23)42-32(12-14-40(15-13-32)20-21-4-2-1-3-5-21)28-19-29(35)39-30(38-28)22-6-8-25(9-7-22)36-31(41)37-26-10-11-26;1-3-4-2;;;;;/h1-9,16-19,26H,10-15,20H2,(H2,35,38,39)(H2,36,37,41);3-4H2,1-2H3;3*1H2;2*1H. The maximum atomic E-state index is 14.2. The highest BCUT2D eigenvalue weighted by molar-refractivity contribution is 8.00. The number of hydrogen-bond acceptors (Lipinski definition) is 6. The van der Waals surface area contributed by atoms with Crippen LogP contribution in [0.2, 0.25) is 0 Å². The van der Waals surface area contributed by atoms with E-state index in [1.165, 1.54) is 42.3 Å². The number of likely N-dealkylation sites (tertiary alicyclic amines) is 1. The molecule has 3 aromatic carbocycles. The van der Waals surface area contributed by atoms with E-state index < -0.39 is 16.4 Å². The smallest absolute Gasteiger partial charge is 0.319 e. The summed E-state index contributed by atoms with van der Waals surface area (Å²) in [4.78, 5) is 24.5. The summed E-state index contributed by atoms with van der Waals surface area (Å²) in [7, 11) is 0. The molecule has 10 N–H and O–H groups in total. The van der Waals surface area contributed by atoms with Gasteiger partial charge in [-0.25, -0.2) is 23.5 Å². The highest BCUT2D eigenvalue weighted by Gasteiger charge is 2.39. The number of nitrogens with zero attached hydrogens (tertiary/aromatic N) is 3. The third-order valence-corrected chi connectivity index (χ3v) is 9.57. The Morgan fingerprint density at radius 2 is 1.53 bits per heavy atom. The second kappa shape index (κ2) is 19.2. The molecular weight excluding hydrogens is 650 g/mol. The number of amides is 2. The van der Waals surface area contributed by atoms with Crippen LogP contribution in [0.15, 0.2) is 83.8 Å². The number of anilines is 2. The molecule has 2 fully saturated rings. The molecule has 1 saturated heterocycles. The van der Waals surface area contributed by atoms with Crippen molar-refractivity contribution >= 4 is 29.3 Å². The number of aromatic nitrogens is 2. The van der Waals surface area contributed by atoms with Crippen LogP contribution in [0.25, 0.3) is 11.4 Å². The topological polar surface area (TPSA) is 191 Å². The summed E-state index contributed by atoms with van der Waals surface area (Å²) in [5.74, 6) is -0.456. The second-order valence-corrected chi connectivity index (χ2v) is 13.4. The van der Waals surface area contributed by atoms with Crippen LogP contribution in [0.4, 0.5) is 25.1 Å². The minimum atomic E-state index is -0.614. The number of halogens is 2. The van der Waals surface area contributed by atoms with E-state index in [1.54, 1.807) is 18.2 Å². The van der Waals surface area contributed by atoms with Gasteiger partial charge in [-0.05, 0) is 67.6 Å². The molecule has 0 atom stereocenters. The van der Waals surface area contributed by atoms with Gasteiger partial charge in [0.15, 0.2) is 5.82 Å². The first kappa shape index (κ1) is 41.0. The van der Waals surface area contributed by atoms with Crippen molar-refractivity contribution < 1.29 is 32.9 Å². The van der Waals surface area contributed by atoms with Crippen molar-refractivity contribution in [2.24, 2.45) is 0 Å². The van der Waals surface area contributed by atoms with Crippen LogP contribution in [-0.2, 0) is 11.3 Å². The summed E-state index contributed by atoms with van der Waals surface area (Å²) in [6.07, 6.45) is 6.08. The molecule has 0 bridgehead atoms. The van der Waals surface area contributed by atoms with Crippen molar-refractivity contribution in [1.29, 1.82) is 0 Å². The normalized spacial score (nSPS) is 14.9. The lowest BCUT2D eigenvalue weighted by Crippen LogP contribution is -2.41. The number of carbonyl (C=O) groups excluding carboxylic acids is 1. The fraction of sp³-hybridized carbons (Fsp3) is 0.361. The van der Waals surface area contributed by atoms with Crippen molar-refractivity contribution in [3.63, 3.8) is 0 Å². The van der Waals surface area contributed by atoms with E-state index in [1.807, 2.05) is 30.3 Å². The minimum absolute atomic E-state index is 0. The number of hydrogen-bond donors (Lipinski definition) is 3. The van der Waals surface area contributed by atoms with Gasteiger partial charge in [0, 0.05) is 56.8 Å². The van der Waals surface area contributed by atoms with Crippen LogP contribution < -0.4 is 16.4 Å². The van der Waals surface area contributed by atoms with Crippen molar-refractivity contribution in [3.8, 4) is 11.4 Å². The van der Waals surface area contributed by atoms with Gasteiger partial charge in [-0.2, -0.15) is 0 Å². The Kier molecular flexibility index (Phi) is 16.0. The highest BCUT2D eigenvalue weighted by atomic mass is 32.2. The Bertz CT molecular complexity index is 1600. The molecule has 2 aliphatic rings. The predicted molar refractivity (Wildman–Crippen MR) is 198 cm³/mol. The van der Waals surface area contributed by atoms with E-state index in [0.717, 1.165) is 49.8 Å². The fourth-order valence-electron chi connectivity index (χ4n) is 5.25. The number of unbranched alkanes of at least 4 members (excludes halogenated alkanes) is 1. The largest absolute Gasteiger partial charge is 0.412 e. The zero-order valence-electron chi connectivity index (χ0n) is 27.9. The Morgan fingerprint density at radius 3 is 2.10 bits per heavy atom. The third-order valence-electron chi connectivity index (χ3n) is 8.09. The molecule has 0 spiro atoms. The van der Waals surface area contributed by atoms with Crippen LogP contribution in [0.1, 0.15) is 66.5 Å². The molecular formula is C36H52F2N6O4S. The Labute approximate surface area is 293 Å². The van der Waals surface area contributed by atoms with E-state index in [4.69, 9.17) is 10.7 Å². The zero-order valence-corrected chi connectivity index (χ0v) is 28.8.